The second-order valence-electron chi connectivity index (χ2n) is 8.01. The molecule has 0 saturated carbocycles. The minimum absolute atomic E-state index is 0.209. The van der Waals surface area contributed by atoms with Gasteiger partial charge < -0.3 is 20.6 Å². The number of oxime groups is 1. The van der Waals surface area contributed by atoms with Gasteiger partial charge in [0.05, 0.1) is 24.1 Å². The van der Waals surface area contributed by atoms with E-state index in [0.717, 1.165) is 11.3 Å². The van der Waals surface area contributed by atoms with Gasteiger partial charge in [-0.1, -0.05) is 17.3 Å². The molecule has 2 aromatic carbocycles. The van der Waals surface area contributed by atoms with E-state index < -0.39 is 0 Å². The summed E-state index contributed by atoms with van der Waals surface area (Å²) in [4.78, 5) is 13.5. The van der Waals surface area contributed by atoms with Crippen LogP contribution in [0.25, 0.3) is 5.69 Å². The first-order chi connectivity index (χ1) is 17.0. The fourth-order valence-electron chi connectivity index (χ4n) is 4.24. The Morgan fingerprint density at radius 1 is 1.17 bits per heavy atom. The number of aromatic nitrogens is 5. The maximum absolute atomic E-state index is 13.5. The number of nitrogens with one attached hydrogen (secondary N) is 2. The first kappa shape index (κ1) is 22.3. The Balaban J connectivity index is 1.53. The largest absolute Gasteiger partial charge is 0.494 e. The van der Waals surface area contributed by atoms with E-state index in [1.54, 1.807) is 37.3 Å². The van der Waals surface area contributed by atoms with E-state index in [9.17, 15) is 9.60 Å². The molecule has 0 radical (unpaired) electrons. The summed E-state index contributed by atoms with van der Waals surface area (Å²) in [5.41, 5.74) is 4.12. The molecule has 10 nitrogen and oxygen atoms in total. The summed E-state index contributed by atoms with van der Waals surface area (Å²) in [6, 6.07) is 11.8. The minimum Gasteiger partial charge on any atom is -0.494 e. The van der Waals surface area contributed by atoms with Crippen molar-refractivity contribution in [3.63, 3.8) is 0 Å². The summed E-state index contributed by atoms with van der Waals surface area (Å²) in [7, 11) is 3.32. The number of fused-ring (bicyclic) bond motifs is 1. The molecule has 1 unspecified atom stereocenters. The number of halogens is 1. The molecule has 2 aromatic heterocycles. The third kappa shape index (κ3) is 4.12. The highest BCUT2D eigenvalue weighted by atomic mass is 19.1. The summed E-state index contributed by atoms with van der Waals surface area (Å²) < 4.78 is 20.7. The van der Waals surface area contributed by atoms with Gasteiger partial charge in [-0.25, -0.2) is 19.0 Å². The minimum atomic E-state index is -0.317. The van der Waals surface area contributed by atoms with Crippen molar-refractivity contribution in [2.24, 2.45) is 5.16 Å². The van der Waals surface area contributed by atoms with Crippen LogP contribution in [0, 0.1) is 12.7 Å². The lowest BCUT2D eigenvalue weighted by molar-refractivity contribution is 0.318. The number of methoxy groups -OCH3 is 1. The molecule has 0 saturated heterocycles. The zero-order valence-electron chi connectivity index (χ0n) is 19.3. The Kier molecular flexibility index (Phi) is 5.73. The molecular formula is C24H23FN8O2. The van der Waals surface area contributed by atoms with Crippen LogP contribution >= 0.6 is 0 Å². The predicted molar refractivity (Wildman–Crippen MR) is 129 cm³/mol. The van der Waals surface area contributed by atoms with Crippen LogP contribution in [-0.2, 0) is 0 Å². The van der Waals surface area contributed by atoms with Crippen molar-refractivity contribution in [1.29, 1.82) is 0 Å². The molecule has 11 heteroatoms. The molecule has 4 aromatic rings. The van der Waals surface area contributed by atoms with Crippen LogP contribution < -0.4 is 15.4 Å². The Bertz CT molecular complexity index is 1420. The van der Waals surface area contributed by atoms with Crippen molar-refractivity contribution in [1.82, 2.24) is 24.7 Å². The fraction of sp³-hybridized carbons (Fsp3) is 0.208. The fourth-order valence-corrected chi connectivity index (χ4v) is 4.24. The molecule has 1 atom stereocenters. The Morgan fingerprint density at radius 2 is 1.97 bits per heavy atom. The topological polar surface area (TPSA) is 122 Å². The van der Waals surface area contributed by atoms with E-state index in [1.807, 2.05) is 25.1 Å². The predicted octanol–water partition coefficient (Wildman–Crippen LogP) is 4.01. The van der Waals surface area contributed by atoms with Crippen LogP contribution in [-0.4, -0.2) is 49.8 Å². The van der Waals surface area contributed by atoms with Gasteiger partial charge in [-0.2, -0.15) is 10.1 Å². The Morgan fingerprint density at radius 3 is 2.63 bits per heavy atom. The molecule has 178 valence electrons. The maximum Gasteiger partial charge on any atom is 0.229 e. The van der Waals surface area contributed by atoms with Crippen molar-refractivity contribution in [2.75, 3.05) is 24.8 Å². The quantitative estimate of drug-likeness (QED) is 0.283. The van der Waals surface area contributed by atoms with E-state index in [-0.39, 0.29) is 11.7 Å². The second kappa shape index (κ2) is 9.01. The number of anilines is 3. The number of hydrogen-bond donors (Lipinski definition) is 3. The summed E-state index contributed by atoms with van der Waals surface area (Å²) in [6.45, 7) is 1.82. The van der Waals surface area contributed by atoms with Crippen LogP contribution in [0.4, 0.5) is 21.8 Å². The number of nitrogens with zero attached hydrogens (tertiary/aromatic N) is 6. The summed E-state index contributed by atoms with van der Waals surface area (Å²) in [5.74, 6) is 1.60. The molecule has 35 heavy (non-hydrogen) atoms. The summed E-state index contributed by atoms with van der Waals surface area (Å²) in [6.07, 6.45) is 2.04. The second-order valence-corrected chi connectivity index (χ2v) is 8.01. The van der Waals surface area contributed by atoms with Crippen molar-refractivity contribution >= 4 is 23.2 Å². The third-order valence-corrected chi connectivity index (χ3v) is 5.87. The lowest BCUT2D eigenvalue weighted by atomic mass is 9.96. The summed E-state index contributed by atoms with van der Waals surface area (Å²) >= 11 is 0. The van der Waals surface area contributed by atoms with Crippen LogP contribution in [0.15, 0.2) is 53.9 Å². The third-order valence-electron chi connectivity index (χ3n) is 5.87. The van der Waals surface area contributed by atoms with E-state index >= 15 is 0 Å². The Labute approximate surface area is 200 Å². The maximum atomic E-state index is 13.5. The van der Waals surface area contributed by atoms with Crippen LogP contribution in [0.3, 0.4) is 0 Å². The normalized spacial score (nSPS) is 15.8. The van der Waals surface area contributed by atoms with Crippen LogP contribution in [0.2, 0.25) is 0 Å². The van der Waals surface area contributed by atoms with Gasteiger partial charge in [0.2, 0.25) is 5.95 Å². The number of benzene rings is 2. The zero-order valence-corrected chi connectivity index (χ0v) is 19.3. The molecule has 1 aliphatic rings. The van der Waals surface area contributed by atoms with Gasteiger partial charge in [0.25, 0.3) is 0 Å². The molecule has 0 amide bonds. The van der Waals surface area contributed by atoms with E-state index in [4.69, 9.17) is 9.72 Å². The molecule has 0 bridgehead atoms. The van der Waals surface area contributed by atoms with Gasteiger partial charge in [0.1, 0.15) is 35.2 Å². The highest BCUT2D eigenvalue weighted by molar-refractivity contribution is 6.08. The molecule has 0 aliphatic heterocycles. The van der Waals surface area contributed by atoms with E-state index in [1.165, 1.54) is 12.1 Å². The number of aryl methyl sites for hydroxylation is 1. The number of hydrogen-bond acceptors (Lipinski definition) is 9. The lowest BCUT2D eigenvalue weighted by Crippen LogP contribution is -2.09. The molecule has 3 N–H and O–H groups in total. The smallest absolute Gasteiger partial charge is 0.229 e. The zero-order chi connectivity index (χ0) is 24.5. The molecule has 0 spiro atoms. The first-order valence-corrected chi connectivity index (χ1v) is 10.9. The van der Waals surface area contributed by atoms with Crippen LogP contribution in [0.1, 0.15) is 35.0 Å². The SMILES string of the molecule is CNc1nc(Nc2ccc(-n3cnc(C)n3)c(OC)c2)nc2c1/C(=N/O)CC2c1ccc(F)cc1. The van der Waals surface area contributed by atoms with Gasteiger partial charge in [0.15, 0.2) is 0 Å². The van der Waals surface area contributed by atoms with Crippen molar-refractivity contribution in [3.8, 4) is 11.4 Å². The van der Waals surface area contributed by atoms with Gasteiger partial charge in [-0.3, -0.25) is 0 Å². The number of ether oxygens (including phenoxy) is 1. The van der Waals surface area contributed by atoms with Gasteiger partial charge in [-0.05, 0) is 36.8 Å². The molecule has 1 aliphatic carbocycles. The highest BCUT2D eigenvalue weighted by Crippen LogP contribution is 2.41. The standard InChI is InChI=1S/C24H23FN8O2/c1-13-27-12-33(31-13)19-9-8-16(10-20(19)35-3)28-24-29-22-17(14-4-6-15(25)7-5-14)11-18(32-34)21(22)23(26-2)30-24/h4-10,12,17,34H,11H2,1-3H3,(H2,26,28,29,30)/b32-18+. The van der Waals surface area contributed by atoms with Gasteiger partial charge in [-0.15, -0.1) is 0 Å². The molecule has 2 heterocycles. The first-order valence-electron chi connectivity index (χ1n) is 10.9. The number of rotatable bonds is 6. The summed E-state index contributed by atoms with van der Waals surface area (Å²) in [5, 5.41) is 23.7. The lowest BCUT2D eigenvalue weighted by Gasteiger charge is -2.15. The molecular weight excluding hydrogens is 451 g/mol. The van der Waals surface area contributed by atoms with Crippen molar-refractivity contribution < 1.29 is 14.3 Å². The van der Waals surface area contributed by atoms with E-state index in [2.05, 4.69) is 30.9 Å². The average Bonchev–Trinajstić information content (AvgIpc) is 3.47. The van der Waals surface area contributed by atoms with Gasteiger partial charge >= 0.3 is 0 Å². The van der Waals surface area contributed by atoms with Gasteiger partial charge in [0, 0.05) is 31.1 Å². The van der Waals surface area contributed by atoms with Crippen molar-refractivity contribution in [2.45, 2.75) is 19.3 Å². The molecule has 5 rings (SSSR count). The van der Waals surface area contributed by atoms with E-state index in [0.29, 0.717) is 52.4 Å². The highest BCUT2D eigenvalue weighted by Gasteiger charge is 2.34. The monoisotopic (exact) mass is 474 g/mol. The van der Waals surface area contributed by atoms with Crippen LogP contribution in [0.5, 0.6) is 5.75 Å². The molecule has 0 fully saturated rings. The van der Waals surface area contributed by atoms with Crippen molar-refractivity contribution in [3.05, 3.63) is 77.3 Å². The Hall–Kier alpha value is -4.54. The average molecular weight is 475 g/mol.